The summed E-state index contributed by atoms with van der Waals surface area (Å²) >= 11 is 0. The van der Waals surface area contributed by atoms with Crippen molar-refractivity contribution in [2.24, 2.45) is 5.41 Å². The van der Waals surface area contributed by atoms with Crippen LogP contribution >= 0.6 is 0 Å². The Hall–Kier alpha value is -3.40. The van der Waals surface area contributed by atoms with Crippen LogP contribution < -0.4 is 19.6 Å². The molecule has 168 valence electrons. The van der Waals surface area contributed by atoms with E-state index in [9.17, 15) is 0 Å². The normalized spacial score (nSPS) is 17.8. The van der Waals surface area contributed by atoms with Crippen LogP contribution in [0.1, 0.15) is 0 Å². The Balaban J connectivity index is 1.50. The molecule has 33 heavy (non-hydrogen) atoms. The molecule has 2 aliphatic rings. The smallest absolute Gasteiger partial charge is 0.0464 e. The van der Waals surface area contributed by atoms with Gasteiger partial charge in [0.25, 0.3) is 0 Å². The molecule has 0 fully saturated rings. The van der Waals surface area contributed by atoms with Gasteiger partial charge in [0.15, 0.2) is 0 Å². The van der Waals surface area contributed by atoms with E-state index in [0.29, 0.717) is 0 Å². The largest absolute Gasteiger partial charge is 0.373 e. The van der Waals surface area contributed by atoms with Crippen molar-refractivity contribution in [2.45, 2.75) is 0 Å². The lowest BCUT2D eigenvalue weighted by molar-refractivity contribution is 0.311. The van der Waals surface area contributed by atoms with E-state index >= 15 is 0 Å². The monoisotopic (exact) mass is 436 g/mol. The van der Waals surface area contributed by atoms with Crippen LogP contribution in [0.25, 0.3) is 21.5 Å². The van der Waals surface area contributed by atoms with E-state index in [1.807, 2.05) is 0 Å². The molecule has 0 amide bonds. The molecule has 0 atom stereocenters. The molecule has 4 aromatic rings. The predicted molar refractivity (Wildman–Crippen MR) is 143 cm³/mol. The molecule has 0 bridgehead atoms. The van der Waals surface area contributed by atoms with E-state index < -0.39 is 0 Å². The van der Waals surface area contributed by atoms with Crippen LogP contribution in [-0.2, 0) is 0 Å². The van der Waals surface area contributed by atoms with Gasteiger partial charge in [-0.05, 0) is 35.0 Å². The van der Waals surface area contributed by atoms with Crippen molar-refractivity contribution in [3.8, 4) is 0 Å². The Morgan fingerprint density at radius 3 is 1.00 bits per heavy atom. The van der Waals surface area contributed by atoms with Gasteiger partial charge in [0.05, 0.1) is 0 Å². The highest BCUT2D eigenvalue weighted by Crippen LogP contribution is 2.43. The number of benzene rings is 4. The molecule has 0 aliphatic carbocycles. The zero-order chi connectivity index (χ0) is 22.7. The Morgan fingerprint density at radius 2 is 0.727 bits per heavy atom. The van der Waals surface area contributed by atoms with Gasteiger partial charge in [-0.3, -0.25) is 0 Å². The first-order chi connectivity index (χ1) is 16.0. The highest BCUT2D eigenvalue weighted by atomic mass is 15.2. The topological polar surface area (TPSA) is 13.0 Å². The SMILES string of the molecule is CN1CC2(CN(C)c3cccc4cccc1c34)CN(C)c1cccc3cccc(c13)N(C)C2. The van der Waals surface area contributed by atoms with E-state index in [1.54, 1.807) is 0 Å². The fraction of sp³-hybridized carbons (Fsp3) is 0.310. The number of anilines is 4. The second kappa shape index (κ2) is 7.31. The zero-order valence-electron chi connectivity index (χ0n) is 20.0. The molecule has 0 N–H and O–H groups in total. The highest BCUT2D eigenvalue weighted by Gasteiger charge is 2.39. The van der Waals surface area contributed by atoms with Crippen LogP contribution in [0.3, 0.4) is 0 Å². The van der Waals surface area contributed by atoms with Gasteiger partial charge in [-0.1, -0.05) is 48.5 Å². The Bertz CT molecular complexity index is 1160. The number of rotatable bonds is 0. The summed E-state index contributed by atoms with van der Waals surface area (Å²) in [6.07, 6.45) is 0. The summed E-state index contributed by atoms with van der Waals surface area (Å²) in [7, 11) is 9.08. The number of hydrogen-bond acceptors (Lipinski definition) is 4. The lowest BCUT2D eigenvalue weighted by Crippen LogP contribution is -2.56. The van der Waals surface area contributed by atoms with E-state index in [0.717, 1.165) is 26.2 Å². The minimum absolute atomic E-state index is 0.0540. The number of hydrogen-bond donors (Lipinski definition) is 0. The minimum atomic E-state index is 0.0540. The molecular formula is C29H32N4. The van der Waals surface area contributed by atoms with Crippen LogP contribution in [-0.4, -0.2) is 54.4 Å². The molecule has 0 radical (unpaired) electrons. The molecule has 4 nitrogen and oxygen atoms in total. The van der Waals surface area contributed by atoms with Crippen LogP contribution in [0.2, 0.25) is 0 Å². The molecule has 0 unspecified atom stereocenters. The van der Waals surface area contributed by atoms with Gasteiger partial charge in [0.2, 0.25) is 0 Å². The first-order valence-corrected chi connectivity index (χ1v) is 11.8. The Kier molecular flexibility index (Phi) is 4.48. The maximum absolute atomic E-state index is 2.49. The molecule has 6 rings (SSSR count). The second-order valence-electron chi connectivity index (χ2n) is 10.2. The van der Waals surface area contributed by atoms with Crippen molar-refractivity contribution >= 4 is 44.3 Å². The molecule has 0 saturated carbocycles. The number of nitrogens with zero attached hydrogens (tertiary/aromatic N) is 4. The van der Waals surface area contributed by atoms with Crippen molar-refractivity contribution < 1.29 is 0 Å². The van der Waals surface area contributed by atoms with Gasteiger partial charge >= 0.3 is 0 Å². The van der Waals surface area contributed by atoms with Crippen LogP contribution in [0.15, 0.2) is 72.8 Å². The summed E-state index contributed by atoms with van der Waals surface area (Å²) in [6, 6.07) is 26.8. The lowest BCUT2D eigenvalue weighted by atomic mass is 9.82. The molecule has 4 heteroatoms. The van der Waals surface area contributed by atoms with Gasteiger partial charge in [-0.25, -0.2) is 0 Å². The summed E-state index contributed by atoms with van der Waals surface area (Å²) in [5, 5.41) is 5.35. The van der Waals surface area contributed by atoms with Crippen molar-refractivity contribution in [2.75, 3.05) is 74.0 Å². The van der Waals surface area contributed by atoms with E-state index in [4.69, 9.17) is 0 Å². The van der Waals surface area contributed by atoms with Crippen LogP contribution in [0.5, 0.6) is 0 Å². The van der Waals surface area contributed by atoms with Gasteiger partial charge in [0, 0.05) is 93.3 Å². The predicted octanol–water partition coefficient (Wildman–Crippen LogP) is 5.45. The molecule has 0 saturated heterocycles. The quantitative estimate of drug-likeness (QED) is 0.363. The summed E-state index contributed by atoms with van der Waals surface area (Å²) in [6.45, 7) is 3.99. The third-order valence-corrected chi connectivity index (χ3v) is 7.66. The van der Waals surface area contributed by atoms with Crippen LogP contribution in [0, 0.1) is 5.41 Å². The van der Waals surface area contributed by atoms with Gasteiger partial charge in [0.1, 0.15) is 0 Å². The lowest BCUT2D eigenvalue weighted by Gasteiger charge is -2.48. The highest BCUT2D eigenvalue weighted by molar-refractivity contribution is 6.05. The first-order valence-electron chi connectivity index (χ1n) is 11.8. The third kappa shape index (κ3) is 3.12. The van der Waals surface area contributed by atoms with Crippen molar-refractivity contribution in [1.82, 2.24) is 0 Å². The Morgan fingerprint density at radius 1 is 0.455 bits per heavy atom. The summed E-state index contributed by atoms with van der Waals surface area (Å²) in [5.74, 6) is 0. The maximum Gasteiger partial charge on any atom is 0.0464 e. The fourth-order valence-electron chi connectivity index (χ4n) is 6.53. The summed E-state index contributed by atoms with van der Waals surface area (Å²) in [4.78, 5) is 9.98. The molecule has 2 heterocycles. The standard InChI is InChI=1S/C29H32N4/c1-30-17-29(18-31(2)24-14-6-10-21-9-5-13-23(30)27(21)24)19-32(3)25-15-7-11-22-12-8-16-26(28(22)25)33(4)20-29/h5-16H,17-20H2,1-4H3. The van der Waals surface area contributed by atoms with Crippen LogP contribution in [0.4, 0.5) is 22.7 Å². The fourth-order valence-corrected chi connectivity index (χ4v) is 6.53. The average Bonchev–Trinajstić information content (AvgIpc) is 2.81. The van der Waals surface area contributed by atoms with E-state index in [2.05, 4.69) is 121 Å². The molecule has 1 spiro atoms. The second-order valence-corrected chi connectivity index (χ2v) is 10.2. The minimum Gasteiger partial charge on any atom is -0.373 e. The van der Waals surface area contributed by atoms with Gasteiger partial charge < -0.3 is 19.6 Å². The molecule has 0 aromatic heterocycles. The van der Waals surface area contributed by atoms with Gasteiger partial charge in [-0.2, -0.15) is 0 Å². The van der Waals surface area contributed by atoms with Gasteiger partial charge in [-0.15, -0.1) is 0 Å². The zero-order valence-corrected chi connectivity index (χ0v) is 20.0. The van der Waals surface area contributed by atoms with Crippen molar-refractivity contribution in [3.63, 3.8) is 0 Å². The molecular weight excluding hydrogens is 404 g/mol. The van der Waals surface area contributed by atoms with E-state index in [-0.39, 0.29) is 5.41 Å². The van der Waals surface area contributed by atoms with Crippen molar-refractivity contribution in [1.29, 1.82) is 0 Å². The molecule has 4 aromatic carbocycles. The third-order valence-electron chi connectivity index (χ3n) is 7.66. The van der Waals surface area contributed by atoms with E-state index in [1.165, 1.54) is 44.3 Å². The summed E-state index contributed by atoms with van der Waals surface area (Å²) in [5.41, 5.74) is 5.35. The maximum atomic E-state index is 2.49. The Labute approximate surface area is 196 Å². The average molecular weight is 437 g/mol. The summed E-state index contributed by atoms with van der Waals surface area (Å²) < 4.78 is 0. The molecule has 2 aliphatic heterocycles. The van der Waals surface area contributed by atoms with Crippen molar-refractivity contribution in [3.05, 3.63) is 72.8 Å². The first kappa shape index (κ1) is 20.2.